The fourth-order valence-electron chi connectivity index (χ4n) is 3.47. The molecule has 0 bridgehead atoms. The first-order chi connectivity index (χ1) is 15.9. The highest BCUT2D eigenvalue weighted by molar-refractivity contribution is 7.92. The molecule has 2 aromatic carbocycles. The summed E-state index contributed by atoms with van der Waals surface area (Å²) in [4.78, 5) is 11.4. The summed E-state index contributed by atoms with van der Waals surface area (Å²) in [7, 11) is -4.11. The van der Waals surface area contributed by atoms with Crippen LogP contribution in [0, 0.1) is 0 Å². The highest BCUT2D eigenvalue weighted by Crippen LogP contribution is 2.40. The molecule has 0 aliphatic rings. The molecule has 4 rings (SSSR count). The van der Waals surface area contributed by atoms with E-state index in [1.54, 1.807) is 6.07 Å². The van der Waals surface area contributed by atoms with Gasteiger partial charge in [-0.3, -0.25) is 4.79 Å². The van der Waals surface area contributed by atoms with Crippen LogP contribution in [0.3, 0.4) is 0 Å². The number of fused-ring (bicyclic) bond motifs is 1. The monoisotopic (exact) mass is 547 g/mol. The van der Waals surface area contributed by atoms with Gasteiger partial charge in [0, 0.05) is 38.5 Å². The molecule has 0 fully saturated rings. The second-order valence-corrected chi connectivity index (χ2v) is 11.3. The number of aryl methyl sites for hydroxylation is 1. The van der Waals surface area contributed by atoms with Crippen LogP contribution in [0.1, 0.15) is 17.5 Å². The van der Waals surface area contributed by atoms with E-state index in [1.807, 2.05) is 0 Å². The summed E-state index contributed by atoms with van der Waals surface area (Å²) in [6.07, 6.45) is -3.28. The van der Waals surface area contributed by atoms with Crippen molar-refractivity contribution >= 4 is 61.4 Å². The summed E-state index contributed by atoms with van der Waals surface area (Å²) >= 11 is 13.0. The molecule has 178 valence electrons. The molecule has 0 spiro atoms. The minimum absolute atomic E-state index is 0.0601. The van der Waals surface area contributed by atoms with E-state index in [0.29, 0.717) is 26.4 Å². The fraction of sp³-hybridized carbons (Fsp3) is 0.136. The van der Waals surface area contributed by atoms with Gasteiger partial charge in [-0.2, -0.15) is 21.6 Å². The van der Waals surface area contributed by atoms with Crippen molar-refractivity contribution in [2.75, 3.05) is 0 Å². The van der Waals surface area contributed by atoms with E-state index in [1.165, 1.54) is 36.5 Å². The van der Waals surface area contributed by atoms with Crippen molar-refractivity contribution in [1.29, 1.82) is 0 Å². The first-order valence-corrected chi connectivity index (χ1v) is 12.6. The van der Waals surface area contributed by atoms with Crippen molar-refractivity contribution in [1.82, 2.24) is 3.97 Å². The zero-order valence-electron chi connectivity index (χ0n) is 16.9. The predicted molar refractivity (Wildman–Crippen MR) is 125 cm³/mol. The second kappa shape index (κ2) is 8.92. The van der Waals surface area contributed by atoms with Crippen LogP contribution < -0.4 is 0 Å². The number of alkyl halides is 3. The van der Waals surface area contributed by atoms with Crippen molar-refractivity contribution in [3.05, 3.63) is 75.9 Å². The van der Waals surface area contributed by atoms with Gasteiger partial charge in [-0.25, -0.2) is 3.97 Å². The molecule has 34 heavy (non-hydrogen) atoms. The molecule has 12 heteroatoms. The SMILES string of the molecule is O=C(O)CCc1cn(S(=O)(=O)c2ccc(-c3ccc(C(F)(F)F)cc3Cl)s2)c2ccc(Cl)cc12. The molecule has 5 nitrogen and oxygen atoms in total. The van der Waals surface area contributed by atoms with Gasteiger partial charge in [0.05, 0.1) is 11.1 Å². The van der Waals surface area contributed by atoms with Crippen molar-refractivity contribution in [3.63, 3.8) is 0 Å². The highest BCUT2D eigenvalue weighted by atomic mass is 35.5. The quantitative estimate of drug-likeness (QED) is 0.283. The average molecular weight is 548 g/mol. The summed E-state index contributed by atoms with van der Waals surface area (Å²) in [6.45, 7) is 0. The third-order valence-corrected chi connectivity index (χ3v) is 8.89. The Morgan fingerprint density at radius 1 is 1.06 bits per heavy atom. The van der Waals surface area contributed by atoms with E-state index >= 15 is 0 Å². The van der Waals surface area contributed by atoms with Crippen LogP contribution in [-0.4, -0.2) is 23.5 Å². The molecule has 2 aromatic heterocycles. The number of aliphatic carboxylic acids is 1. The maximum atomic E-state index is 13.4. The molecule has 0 atom stereocenters. The number of carboxylic acids is 1. The Kier molecular flexibility index (Phi) is 6.45. The largest absolute Gasteiger partial charge is 0.481 e. The number of hydrogen-bond donors (Lipinski definition) is 1. The van der Waals surface area contributed by atoms with Crippen LogP contribution >= 0.6 is 34.5 Å². The van der Waals surface area contributed by atoms with Gasteiger partial charge in [-0.05, 0) is 54.4 Å². The molecule has 0 unspecified atom stereocenters. The van der Waals surface area contributed by atoms with Gasteiger partial charge in [0.15, 0.2) is 0 Å². The number of aromatic nitrogens is 1. The molecule has 0 radical (unpaired) electrons. The van der Waals surface area contributed by atoms with E-state index < -0.39 is 27.7 Å². The Balaban J connectivity index is 1.77. The number of carboxylic acid groups (broad SMARTS) is 1. The lowest BCUT2D eigenvalue weighted by atomic mass is 10.1. The maximum Gasteiger partial charge on any atom is 0.416 e. The van der Waals surface area contributed by atoms with Gasteiger partial charge in [0.1, 0.15) is 4.21 Å². The molecular weight excluding hydrogens is 534 g/mol. The van der Waals surface area contributed by atoms with E-state index in [-0.39, 0.29) is 27.6 Å². The topological polar surface area (TPSA) is 76.4 Å². The maximum absolute atomic E-state index is 13.4. The molecule has 0 saturated heterocycles. The number of carbonyl (C=O) groups is 1. The Morgan fingerprint density at radius 2 is 1.79 bits per heavy atom. The van der Waals surface area contributed by atoms with Gasteiger partial charge in [0.25, 0.3) is 10.0 Å². The van der Waals surface area contributed by atoms with Crippen LogP contribution in [0.5, 0.6) is 0 Å². The number of benzene rings is 2. The number of nitrogens with zero attached hydrogens (tertiary/aromatic N) is 1. The van der Waals surface area contributed by atoms with Gasteiger partial charge in [-0.1, -0.05) is 29.3 Å². The van der Waals surface area contributed by atoms with E-state index in [4.69, 9.17) is 28.3 Å². The normalized spacial score (nSPS) is 12.4. The molecule has 4 aromatic rings. The minimum Gasteiger partial charge on any atom is -0.481 e. The van der Waals surface area contributed by atoms with Crippen molar-refractivity contribution in [2.24, 2.45) is 0 Å². The van der Waals surface area contributed by atoms with Gasteiger partial charge in [-0.15, -0.1) is 11.3 Å². The zero-order chi connectivity index (χ0) is 24.8. The van der Waals surface area contributed by atoms with Crippen molar-refractivity contribution < 1.29 is 31.5 Å². The first-order valence-electron chi connectivity index (χ1n) is 9.62. The Morgan fingerprint density at radius 3 is 2.44 bits per heavy atom. The summed E-state index contributed by atoms with van der Waals surface area (Å²) in [5, 5.41) is 9.75. The number of rotatable bonds is 6. The molecule has 2 heterocycles. The van der Waals surface area contributed by atoms with Gasteiger partial charge < -0.3 is 5.11 Å². The first kappa shape index (κ1) is 24.6. The Labute approximate surface area is 206 Å². The van der Waals surface area contributed by atoms with E-state index in [0.717, 1.165) is 27.4 Å². The summed E-state index contributed by atoms with van der Waals surface area (Å²) in [5.41, 5.74) is 0.197. The molecular formula is C22H14Cl2F3NO4S2. The van der Waals surface area contributed by atoms with Crippen LogP contribution in [-0.2, 0) is 27.4 Å². The molecule has 0 amide bonds. The highest BCUT2D eigenvalue weighted by Gasteiger charge is 2.31. The zero-order valence-corrected chi connectivity index (χ0v) is 20.1. The third kappa shape index (κ3) is 4.68. The molecule has 0 saturated carbocycles. The standard InChI is InChI=1S/C22H14Cl2F3NO4S2/c23-14-3-5-18-16(10-14)12(1-7-20(29)30)11-28(18)34(31,32)21-8-6-19(33-21)15-4-2-13(9-17(15)24)22(25,26)27/h2-6,8-11H,1,7H2,(H,29,30). The summed E-state index contributed by atoms with van der Waals surface area (Å²) < 4.78 is 66.7. The number of hydrogen-bond acceptors (Lipinski definition) is 4. The van der Waals surface area contributed by atoms with Gasteiger partial charge in [0.2, 0.25) is 0 Å². The average Bonchev–Trinajstić information content (AvgIpc) is 3.37. The van der Waals surface area contributed by atoms with Crippen LogP contribution in [0.4, 0.5) is 13.2 Å². The van der Waals surface area contributed by atoms with Crippen LogP contribution in [0.15, 0.2) is 58.9 Å². The minimum atomic E-state index is -4.55. The lowest BCUT2D eigenvalue weighted by Gasteiger charge is -2.09. The number of halogens is 5. The number of thiophene rings is 1. The van der Waals surface area contributed by atoms with Gasteiger partial charge >= 0.3 is 12.1 Å². The fourth-order valence-corrected chi connectivity index (χ4v) is 6.81. The Hall–Kier alpha value is -2.53. The molecule has 0 aliphatic carbocycles. The van der Waals surface area contributed by atoms with Crippen LogP contribution in [0.2, 0.25) is 10.0 Å². The van der Waals surface area contributed by atoms with E-state index in [9.17, 15) is 26.4 Å². The smallest absolute Gasteiger partial charge is 0.416 e. The summed E-state index contributed by atoms with van der Waals surface area (Å²) in [5.74, 6) is -1.03. The van der Waals surface area contributed by atoms with Crippen LogP contribution in [0.25, 0.3) is 21.3 Å². The molecule has 1 N–H and O–H groups in total. The lowest BCUT2D eigenvalue weighted by Crippen LogP contribution is -2.10. The summed E-state index contributed by atoms with van der Waals surface area (Å²) in [6, 6.07) is 10.3. The Bertz CT molecular complexity index is 1520. The van der Waals surface area contributed by atoms with Crippen molar-refractivity contribution in [2.45, 2.75) is 23.2 Å². The molecule has 0 aliphatic heterocycles. The van der Waals surface area contributed by atoms with Crippen molar-refractivity contribution in [3.8, 4) is 10.4 Å². The van der Waals surface area contributed by atoms with E-state index in [2.05, 4.69) is 0 Å². The third-order valence-electron chi connectivity index (χ3n) is 5.08. The lowest BCUT2D eigenvalue weighted by molar-refractivity contribution is -0.138. The predicted octanol–water partition coefficient (Wildman–Crippen LogP) is 6.95. The second-order valence-electron chi connectivity index (χ2n) is 7.32.